The second-order valence-electron chi connectivity index (χ2n) is 7.47. The maximum Gasteiger partial charge on any atom is 0.283 e. The zero-order valence-electron chi connectivity index (χ0n) is 18.5. The zero-order valence-corrected chi connectivity index (χ0v) is 19.3. The number of para-hydroxylation sites is 2. The zero-order chi connectivity index (χ0) is 22.5. The van der Waals surface area contributed by atoms with Crippen LogP contribution in [0.5, 0.6) is 11.5 Å². The molecule has 0 atom stereocenters. The highest BCUT2D eigenvalue weighted by Gasteiger charge is 2.14. The molecule has 0 saturated carbocycles. The summed E-state index contributed by atoms with van der Waals surface area (Å²) < 4.78 is 14.7. The van der Waals surface area contributed by atoms with Crippen molar-refractivity contribution < 1.29 is 14.3 Å². The van der Waals surface area contributed by atoms with Gasteiger partial charge in [0.25, 0.3) is 5.91 Å². The molecule has 0 N–H and O–H groups in total. The predicted molar refractivity (Wildman–Crippen MR) is 129 cm³/mol. The summed E-state index contributed by atoms with van der Waals surface area (Å²) in [7, 11) is 0. The summed E-state index contributed by atoms with van der Waals surface area (Å²) in [5.74, 6) is 0.829. The molecule has 3 aromatic carbocycles. The van der Waals surface area contributed by atoms with Crippen LogP contribution in [0.2, 0.25) is 0 Å². The molecule has 0 spiro atoms. The van der Waals surface area contributed by atoms with Gasteiger partial charge in [0, 0.05) is 13.2 Å². The van der Waals surface area contributed by atoms with Crippen LogP contribution in [-0.4, -0.2) is 23.7 Å². The highest BCUT2D eigenvalue weighted by atomic mass is 32.1. The lowest BCUT2D eigenvalue weighted by molar-refractivity contribution is 0.0994. The highest BCUT2D eigenvalue weighted by Crippen LogP contribution is 2.26. The van der Waals surface area contributed by atoms with E-state index in [1.807, 2.05) is 49.4 Å². The number of carbonyl (C=O) groups excluding carboxylic acids is 1. The first kappa shape index (κ1) is 22.0. The first-order chi connectivity index (χ1) is 15.6. The van der Waals surface area contributed by atoms with Crippen molar-refractivity contribution in [1.29, 1.82) is 0 Å². The van der Waals surface area contributed by atoms with Gasteiger partial charge in [0.15, 0.2) is 4.80 Å². The van der Waals surface area contributed by atoms with E-state index in [9.17, 15) is 4.79 Å². The molecule has 0 fully saturated rings. The molecule has 1 aromatic heterocycles. The van der Waals surface area contributed by atoms with Crippen molar-refractivity contribution in [2.24, 2.45) is 4.99 Å². The van der Waals surface area contributed by atoms with Crippen LogP contribution in [0, 0.1) is 13.8 Å². The molecule has 0 aliphatic heterocycles. The molecule has 4 rings (SSSR count). The molecule has 0 bridgehead atoms. The highest BCUT2D eigenvalue weighted by molar-refractivity contribution is 7.16. The Kier molecular flexibility index (Phi) is 6.83. The maximum absolute atomic E-state index is 13.2. The van der Waals surface area contributed by atoms with Crippen LogP contribution in [0.4, 0.5) is 0 Å². The van der Waals surface area contributed by atoms with Gasteiger partial charge in [0.2, 0.25) is 0 Å². The minimum Gasteiger partial charge on any atom is -0.457 e. The summed E-state index contributed by atoms with van der Waals surface area (Å²) in [6.07, 6.45) is 0. The van der Waals surface area contributed by atoms with E-state index in [0.29, 0.717) is 41.6 Å². The lowest BCUT2D eigenvalue weighted by Crippen LogP contribution is -2.20. The number of hydrogen-bond acceptors (Lipinski definition) is 4. The Morgan fingerprint density at radius 3 is 2.50 bits per heavy atom. The summed E-state index contributed by atoms with van der Waals surface area (Å²) in [4.78, 5) is 18.4. The Balaban J connectivity index is 1.76. The van der Waals surface area contributed by atoms with Gasteiger partial charge in [0.1, 0.15) is 11.5 Å². The van der Waals surface area contributed by atoms with Gasteiger partial charge in [-0.2, -0.15) is 4.99 Å². The van der Waals surface area contributed by atoms with Crippen molar-refractivity contribution in [2.45, 2.75) is 27.3 Å². The van der Waals surface area contributed by atoms with Gasteiger partial charge in [-0.05, 0) is 68.3 Å². The van der Waals surface area contributed by atoms with Gasteiger partial charge in [-0.25, -0.2) is 0 Å². The van der Waals surface area contributed by atoms with E-state index in [1.165, 1.54) is 22.5 Å². The van der Waals surface area contributed by atoms with Crippen LogP contribution in [0.15, 0.2) is 71.7 Å². The van der Waals surface area contributed by atoms with Gasteiger partial charge in [0.05, 0.1) is 22.4 Å². The van der Waals surface area contributed by atoms with Crippen LogP contribution in [0.25, 0.3) is 10.2 Å². The quantitative estimate of drug-likeness (QED) is 0.333. The molecule has 5 nitrogen and oxygen atoms in total. The van der Waals surface area contributed by atoms with Gasteiger partial charge in [-0.3, -0.25) is 4.79 Å². The Morgan fingerprint density at radius 1 is 1.00 bits per heavy atom. The molecule has 4 aromatic rings. The van der Waals surface area contributed by atoms with Crippen molar-refractivity contribution >= 4 is 27.5 Å². The number of nitrogens with zero attached hydrogens (tertiary/aromatic N) is 2. The predicted octanol–water partition coefficient (Wildman–Crippen LogP) is 5.89. The summed E-state index contributed by atoms with van der Waals surface area (Å²) >= 11 is 1.52. The van der Waals surface area contributed by atoms with Crippen LogP contribution in [0.3, 0.4) is 0 Å². The number of fused-ring (bicyclic) bond motifs is 1. The fourth-order valence-corrected chi connectivity index (χ4v) is 4.55. The number of ether oxygens (including phenoxy) is 2. The Labute approximate surface area is 191 Å². The number of aryl methyl sites for hydroxylation is 2. The topological polar surface area (TPSA) is 52.8 Å². The maximum atomic E-state index is 13.2. The lowest BCUT2D eigenvalue weighted by Gasteiger charge is -2.09. The van der Waals surface area contributed by atoms with Crippen molar-refractivity contribution in [2.75, 3.05) is 13.2 Å². The second kappa shape index (κ2) is 9.94. The van der Waals surface area contributed by atoms with Crippen molar-refractivity contribution in [3.8, 4) is 11.5 Å². The number of amides is 1. The number of carbonyl (C=O) groups is 1. The largest absolute Gasteiger partial charge is 0.457 e. The van der Waals surface area contributed by atoms with Crippen LogP contribution in [0.1, 0.15) is 28.4 Å². The summed E-state index contributed by atoms with van der Waals surface area (Å²) in [5, 5.41) is 0. The van der Waals surface area contributed by atoms with E-state index >= 15 is 0 Å². The molecule has 0 aliphatic carbocycles. The van der Waals surface area contributed by atoms with Crippen LogP contribution in [-0.2, 0) is 11.3 Å². The second-order valence-corrected chi connectivity index (χ2v) is 8.47. The van der Waals surface area contributed by atoms with Gasteiger partial charge in [-0.15, -0.1) is 0 Å². The summed E-state index contributed by atoms with van der Waals surface area (Å²) in [6.45, 7) is 8.00. The first-order valence-corrected chi connectivity index (χ1v) is 11.5. The van der Waals surface area contributed by atoms with E-state index in [4.69, 9.17) is 9.47 Å². The third kappa shape index (κ3) is 4.82. The molecule has 0 aliphatic rings. The molecular formula is C26H26N2O3S. The third-order valence-corrected chi connectivity index (χ3v) is 6.29. The summed E-state index contributed by atoms with van der Waals surface area (Å²) in [6, 6.07) is 20.9. The molecule has 1 heterocycles. The average Bonchev–Trinajstić information content (AvgIpc) is 3.11. The van der Waals surface area contributed by atoms with E-state index in [0.717, 1.165) is 10.2 Å². The molecule has 0 unspecified atom stereocenters. The number of benzene rings is 3. The Bertz CT molecular complexity index is 1310. The normalized spacial score (nSPS) is 11.8. The molecule has 1 amide bonds. The van der Waals surface area contributed by atoms with Crippen LogP contribution >= 0.6 is 11.3 Å². The van der Waals surface area contributed by atoms with E-state index in [2.05, 4.69) is 35.5 Å². The molecule has 0 saturated heterocycles. The Morgan fingerprint density at radius 2 is 1.72 bits per heavy atom. The third-order valence-electron chi connectivity index (χ3n) is 5.25. The average molecular weight is 447 g/mol. The summed E-state index contributed by atoms with van der Waals surface area (Å²) in [5.41, 5.74) is 3.92. The van der Waals surface area contributed by atoms with Crippen molar-refractivity contribution in [3.63, 3.8) is 0 Å². The van der Waals surface area contributed by atoms with Crippen LogP contribution < -0.4 is 9.54 Å². The number of rotatable bonds is 7. The number of thiazole rings is 1. The molecule has 0 radical (unpaired) electrons. The minimum atomic E-state index is -0.332. The minimum absolute atomic E-state index is 0.332. The van der Waals surface area contributed by atoms with E-state index < -0.39 is 0 Å². The fraction of sp³-hybridized carbons (Fsp3) is 0.231. The van der Waals surface area contributed by atoms with Gasteiger partial charge in [-0.1, -0.05) is 41.7 Å². The Hall–Kier alpha value is -3.22. The fourth-order valence-electron chi connectivity index (χ4n) is 3.42. The van der Waals surface area contributed by atoms with Crippen molar-refractivity contribution in [3.05, 3.63) is 88.2 Å². The SMILES string of the molecule is CCOCCn1c(=NC(=O)c2ccccc2Oc2ccccc2)sc2cc(C)c(C)cc21. The molecule has 164 valence electrons. The molecule has 6 heteroatoms. The lowest BCUT2D eigenvalue weighted by atomic mass is 10.1. The van der Waals surface area contributed by atoms with Crippen molar-refractivity contribution in [1.82, 2.24) is 4.57 Å². The molecular weight excluding hydrogens is 420 g/mol. The number of aromatic nitrogens is 1. The van der Waals surface area contributed by atoms with Gasteiger partial charge >= 0.3 is 0 Å². The number of hydrogen-bond donors (Lipinski definition) is 0. The molecule has 32 heavy (non-hydrogen) atoms. The van der Waals surface area contributed by atoms with E-state index in [-0.39, 0.29) is 5.91 Å². The first-order valence-electron chi connectivity index (χ1n) is 10.7. The monoisotopic (exact) mass is 446 g/mol. The standard InChI is InChI=1S/C26H26N2O3S/c1-4-30-15-14-28-22-16-18(2)19(3)17-24(22)32-26(28)27-25(29)21-12-8-9-13-23(21)31-20-10-6-5-7-11-20/h5-13,16-17H,4,14-15H2,1-3H3. The van der Waals surface area contributed by atoms with E-state index in [1.54, 1.807) is 12.1 Å². The van der Waals surface area contributed by atoms with Gasteiger partial charge < -0.3 is 14.0 Å². The smallest absolute Gasteiger partial charge is 0.283 e.